The summed E-state index contributed by atoms with van der Waals surface area (Å²) < 4.78 is 0. The minimum absolute atomic E-state index is 0.168. The molecule has 2 N–H and O–H groups in total. The van der Waals surface area contributed by atoms with Crippen molar-refractivity contribution >= 4 is 22.9 Å². The summed E-state index contributed by atoms with van der Waals surface area (Å²) in [6.07, 6.45) is 4.98. The molecule has 4 rings (SSSR count). The second-order valence-corrected chi connectivity index (χ2v) is 5.58. The molecule has 26 heavy (non-hydrogen) atoms. The Balaban J connectivity index is 1.73. The van der Waals surface area contributed by atoms with Crippen LogP contribution < -0.4 is 5.43 Å². The second-order valence-electron chi connectivity index (χ2n) is 5.58. The number of phenolic OH excluding ortho intramolecular Hbond substituents is 1. The molecule has 0 amide bonds. The summed E-state index contributed by atoms with van der Waals surface area (Å²) in [4.78, 5) is 13.3. The van der Waals surface area contributed by atoms with Gasteiger partial charge >= 0.3 is 0 Å². The highest BCUT2D eigenvalue weighted by Gasteiger charge is 2.08. The first-order valence-corrected chi connectivity index (χ1v) is 8.05. The Morgan fingerprint density at radius 2 is 1.77 bits per heavy atom. The van der Waals surface area contributed by atoms with Crippen LogP contribution in [0.15, 0.2) is 78.2 Å². The quantitative estimate of drug-likeness (QED) is 0.435. The number of hydrogen-bond donors (Lipinski definition) is 2. The predicted octanol–water partition coefficient (Wildman–Crippen LogP) is 3.84. The average molecular weight is 341 g/mol. The highest BCUT2D eigenvalue weighted by atomic mass is 16.3. The summed E-state index contributed by atoms with van der Waals surface area (Å²) in [5, 5.41) is 14.9. The molecule has 0 unspecified atom stereocenters. The van der Waals surface area contributed by atoms with E-state index in [1.54, 1.807) is 36.8 Å². The first-order chi connectivity index (χ1) is 12.8. The van der Waals surface area contributed by atoms with E-state index in [2.05, 4.69) is 25.5 Å². The molecule has 0 fully saturated rings. The summed E-state index contributed by atoms with van der Waals surface area (Å²) >= 11 is 0. The Hall–Kier alpha value is -3.80. The number of rotatable bonds is 4. The number of hydrogen-bond acceptors (Lipinski definition) is 6. The minimum atomic E-state index is 0.168. The molecule has 0 saturated carbocycles. The molecule has 0 atom stereocenters. The number of nitrogens with one attached hydrogen (secondary N) is 1. The molecule has 6 heteroatoms. The molecule has 6 nitrogen and oxygen atoms in total. The lowest BCUT2D eigenvalue weighted by Crippen LogP contribution is -1.99. The van der Waals surface area contributed by atoms with Crippen molar-refractivity contribution in [2.24, 2.45) is 5.10 Å². The molecule has 0 aliphatic rings. The van der Waals surface area contributed by atoms with Crippen molar-refractivity contribution in [2.45, 2.75) is 0 Å². The van der Waals surface area contributed by atoms with Crippen molar-refractivity contribution in [1.82, 2.24) is 15.0 Å². The Labute approximate surface area is 149 Å². The summed E-state index contributed by atoms with van der Waals surface area (Å²) in [7, 11) is 0. The lowest BCUT2D eigenvalue weighted by Gasteiger charge is -2.08. The number of phenols is 1. The molecule has 0 saturated heterocycles. The zero-order chi connectivity index (χ0) is 17.8. The summed E-state index contributed by atoms with van der Waals surface area (Å²) in [6.45, 7) is 0. The average Bonchev–Trinajstić information content (AvgIpc) is 2.70. The van der Waals surface area contributed by atoms with E-state index >= 15 is 0 Å². The van der Waals surface area contributed by atoms with Crippen LogP contribution in [0.4, 0.5) is 5.82 Å². The van der Waals surface area contributed by atoms with Crippen LogP contribution in [-0.2, 0) is 0 Å². The number of aromatic hydroxyl groups is 1. The minimum Gasteiger partial charge on any atom is -0.507 e. The van der Waals surface area contributed by atoms with E-state index in [0.29, 0.717) is 17.2 Å². The SMILES string of the molecule is Oc1ccccc1/C=N\Nc1nc(-c2cccnc2)nc2ccccc12. The van der Waals surface area contributed by atoms with Gasteiger partial charge in [-0.15, -0.1) is 0 Å². The van der Waals surface area contributed by atoms with Crippen molar-refractivity contribution in [3.8, 4) is 17.1 Å². The second kappa shape index (κ2) is 6.98. The number of pyridine rings is 1. The highest BCUT2D eigenvalue weighted by Crippen LogP contribution is 2.24. The van der Waals surface area contributed by atoms with Crippen molar-refractivity contribution < 1.29 is 5.11 Å². The van der Waals surface area contributed by atoms with E-state index in [9.17, 15) is 5.11 Å². The van der Waals surface area contributed by atoms with Gasteiger partial charge in [0.1, 0.15) is 5.75 Å². The number of nitrogens with zero attached hydrogens (tertiary/aromatic N) is 4. The van der Waals surface area contributed by atoms with Crippen LogP contribution in [0.1, 0.15) is 5.56 Å². The zero-order valence-electron chi connectivity index (χ0n) is 13.7. The summed E-state index contributed by atoms with van der Waals surface area (Å²) in [5.74, 6) is 1.32. The first kappa shape index (κ1) is 15.7. The van der Waals surface area contributed by atoms with Gasteiger partial charge in [0.2, 0.25) is 0 Å². The molecular formula is C20H15N5O. The fourth-order valence-corrected chi connectivity index (χ4v) is 2.55. The van der Waals surface area contributed by atoms with Gasteiger partial charge in [-0.05, 0) is 36.4 Å². The number of anilines is 1. The highest BCUT2D eigenvalue weighted by molar-refractivity contribution is 5.91. The maximum Gasteiger partial charge on any atom is 0.163 e. The molecule has 2 heterocycles. The number of fused-ring (bicyclic) bond motifs is 1. The Morgan fingerprint density at radius 3 is 2.62 bits per heavy atom. The van der Waals surface area contributed by atoms with E-state index < -0.39 is 0 Å². The van der Waals surface area contributed by atoms with Crippen LogP contribution in [-0.4, -0.2) is 26.3 Å². The summed E-state index contributed by atoms with van der Waals surface area (Å²) in [6, 6.07) is 18.4. The number of benzene rings is 2. The van der Waals surface area contributed by atoms with Gasteiger partial charge in [0.05, 0.1) is 11.7 Å². The molecule has 0 aliphatic heterocycles. The lowest BCUT2D eigenvalue weighted by molar-refractivity contribution is 0.474. The van der Waals surface area contributed by atoms with Crippen LogP contribution in [0, 0.1) is 0 Å². The Bertz CT molecular complexity index is 1080. The van der Waals surface area contributed by atoms with Gasteiger partial charge in [-0.2, -0.15) is 5.10 Å². The van der Waals surface area contributed by atoms with Crippen LogP contribution in [0.25, 0.3) is 22.3 Å². The topological polar surface area (TPSA) is 83.3 Å². The van der Waals surface area contributed by atoms with Crippen molar-refractivity contribution in [1.29, 1.82) is 0 Å². The van der Waals surface area contributed by atoms with E-state index in [-0.39, 0.29) is 5.75 Å². The number of aromatic nitrogens is 3. The predicted molar refractivity (Wildman–Crippen MR) is 102 cm³/mol. The maximum atomic E-state index is 9.82. The van der Waals surface area contributed by atoms with Crippen molar-refractivity contribution in [3.63, 3.8) is 0 Å². The molecule has 2 aromatic carbocycles. The van der Waals surface area contributed by atoms with Crippen molar-refractivity contribution in [3.05, 3.63) is 78.6 Å². The molecule has 126 valence electrons. The van der Waals surface area contributed by atoms with E-state index in [0.717, 1.165) is 16.5 Å². The van der Waals surface area contributed by atoms with Gasteiger partial charge in [0.25, 0.3) is 0 Å². The van der Waals surface area contributed by atoms with Gasteiger partial charge in [-0.3, -0.25) is 10.4 Å². The standard InChI is InChI=1S/C20H15N5O/c26-18-10-4-1-6-14(18)13-22-25-20-16-8-2-3-9-17(16)23-19(24-20)15-7-5-11-21-12-15/h1-13,26H,(H,23,24,25)/b22-13-. The third-order valence-corrected chi connectivity index (χ3v) is 3.83. The zero-order valence-corrected chi connectivity index (χ0v) is 13.7. The maximum absolute atomic E-state index is 9.82. The van der Waals surface area contributed by atoms with Gasteiger partial charge in [-0.1, -0.05) is 24.3 Å². The van der Waals surface area contributed by atoms with Crippen molar-refractivity contribution in [2.75, 3.05) is 5.43 Å². The molecular weight excluding hydrogens is 326 g/mol. The van der Waals surface area contributed by atoms with E-state index in [4.69, 9.17) is 0 Å². The Morgan fingerprint density at radius 1 is 0.923 bits per heavy atom. The van der Waals surface area contributed by atoms with Gasteiger partial charge < -0.3 is 5.11 Å². The molecule has 2 aromatic heterocycles. The fourth-order valence-electron chi connectivity index (χ4n) is 2.55. The number of para-hydroxylation sites is 2. The summed E-state index contributed by atoms with van der Waals surface area (Å²) in [5.41, 5.74) is 5.21. The number of hydrazone groups is 1. The Kier molecular flexibility index (Phi) is 4.22. The molecule has 0 spiro atoms. The fraction of sp³-hybridized carbons (Fsp3) is 0. The van der Waals surface area contributed by atoms with Crippen LogP contribution in [0.5, 0.6) is 5.75 Å². The van der Waals surface area contributed by atoms with Crippen LogP contribution in [0.3, 0.4) is 0 Å². The van der Waals surface area contributed by atoms with E-state index in [1.165, 1.54) is 0 Å². The van der Waals surface area contributed by atoms with E-state index in [1.807, 2.05) is 42.5 Å². The monoisotopic (exact) mass is 341 g/mol. The normalized spacial score (nSPS) is 11.1. The smallest absolute Gasteiger partial charge is 0.163 e. The third kappa shape index (κ3) is 3.21. The third-order valence-electron chi connectivity index (χ3n) is 3.83. The molecule has 0 aliphatic carbocycles. The van der Waals surface area contributed by atoms with Gasteiger partial charge in [0, 0.05) is 28.9 Å². The molecule has 0 bridgehead atoms. The largest absolute Gasteiger partial charge is 0.507 e. The van der Waals surface area contributed by atoms with Crippen LogP contribution >= 0.6 is 0 Å². The van der Waals surface area contributed by atoms with Gasteiger partial charge in [0.15, 0.2) is 11.6 Å². The lowest BCUT2D eigenvalue weighted by atomic mass is 10.2. The first-order valence-electron chi connectivity index (χ1n) is 8.05. The molecule has 0 radical (unpaired) electrons. The van der Waals surface area contributed by atoms with Gasteiger partial charge in [-0.25, -0.2) is 9.97 Å². The molecule has 4 aromatic rings. The van der Waals surface area contributed by atoms with Crippen LogP contribution in [0.2, 0.25) is 0 Å².